The van der Waals surface area contributed by atoms with Crippen LogP contribution in [0.1, 0.15) is 70.3 Å². The largest absolute Gasteiger partial charge is 0.494 e. The molecule has 136 valence electrons. The molecule has 2 N–H and O–H groups in total. The van der Waals surface area contributed by atoms with Crippen LogP contribution in [-0.4, -0.2) is 24.2 Å². The van der Waals surface area contributed by atoms with E-state index in [-0.39, 0.29) is 6.42 Å². The third-order valence-electron chi connectivity index (χ3n) is 4.01. The Morgan fingerprint density at radius 1 is 1.08 bits per heavy atom. The van der Waals surface area contributed by atoms with Crippen molar-refractivity contribution in [1.82, 2.24) is 5.32 Å². The molecule has 1 aromatic rings. The summed E-state index contributed by atoms with van der Waals surface area (Å²) in [6.45, 7) is 4.17. The number of hydrogen-bond acceptors (Lipinski definition) is 3. The van der Waals surface area contributed by atoms with E-state index in [1.165, 1.54) is 44.9 Å². The highest BCUT2D eigenvalue weighted by atomic mass is 16.5. The maximum atomic E-state index is 10.5. The Labute approximate surface area is 146 Å². The highest BCUT2D eigenvalue weighted by Gasteiger charge is 1.99. The van der Waals surface area contributed by atoms with Crippen molar-refractivity contribution in [2.24, 2.45) is 0 Å². The second-order valence-electron chi connectivity index (χ2n) is 6.29. The quantitative estimate of drug-likeness (QED) is 0.453. The molecule has 0 saturated heterocycles. The first kappa shape index (κ1) is 20.5. The van der Waals surface area contributed by atoms with Crippen LogP contribution < -0.4 is 10.1 Å². The van der Waals surface area contributed by atoms with Crippen LogP contribution in [0.2, 0.25) is 0 Å². The van der Waals surface area contributed by atoms with Crippen molar-refractivity contribution in [2.45, 2.75) is 71.3 Å². The summed E-state index contributed by atoms with van der Waals surface area (Å²) >= 11 is 0. The molecule has 0 aliphatic carbocycles. The van der Waals surface area contributed by atoms with Gasteiger partial charge in [0.1, 0.15) is 5.75 Å². The average molecular weight is 335 g/mol. The third kappa shape index (κ3) is 11.1. The molecule has 1 aromatic carbocycles. The highest BCUT2D eigenvalue weighted by Crippen LogP contribution is 2.14. The van der Waals surface area contributed by atoms with Crippen molar-refractivity contribution < 1.29 is 14.6 Å². The van der Waals surface area contributed by atoms with Crippen LogP contribution in [0, 0.1) is 0 Å². The monoisotopic (exact) mass is 335 g/mol. The van der Waals surface area contributed by atoms with Crippen LogP contribution in [0.5, 0.6) is 5.75 Å². The lowest BCUT2D eigenvalue weighted by molar-refractivity contribution is -0.136. The van der Waals surface area contributed by atoms with E-state index in [2.05, 4.69) is 12.2 Å². The van der Waals surface area contributed by atoms with E-state index in [0.29, 0.717) is 13.1 Å². The number of unbranched alkanes of at least 4 members (excludes halogenated alkanes) is 7. The summed E-state index contributed by atoms with van der Waals surface area (Å²) in [6.07, 6.45) is 10.6. The van der Waals surface area contributed by atoms with Gasteiger partial charge in [-0.25, -0.2) is 0 Å². The lowest BCUT2D eigenvalue weighted by Crippen LogP contribution is -2.17. The van der Waals surface area contributed by atoms with Gasteiger partial charge in [0.05, 0.1) is 13.0 Å². The summed E-state index contributed by atoms with van der Waals surface area (Å²) < 4.78 is 5.81. The second kappa shape index (κ2) is 13.8. The summed E-state index contributed by atoms with van der Waals surface area (Å²) in [4.78, 5) is 10.5. The molecule has 4 nitrogen and oxygen atoms in total. The average Bonchev–Trinajstić information content (AvgIpc) is 2.57. The van der Waals surface area contributed by atoms with E-state index < -0.39 is 5.97 Å². The van der Waals surface area contributed by atoms with Gasteiger partial charge in [-0.1, -0.05) is 64.0 Å². The predicted octanol–water partition coefficient (Wildman–Crippen LogP) is 4.77. The molecule has 0 unspecified atom stereocenters. The van der Waals surface area contributed by atoms with E-state index in [9.17, 15) is 4.79 Å². The molecular weight excluding hydrogens is 302 g/mol. The van der Waals surface area contributed by atoms with E-state index >= 15 is 0 Å². The standard InChI is InChI=1S/C20H33NO3/c1-2-3-4-5-6-7-8-9-15-24-19-12-10-11-18(16-19)17-21-14-13-20(22)23/h10-12,16,21H,2-9,13-15,17H2,1H3,(H,22,23). The lowest BCUT2D eigenvalue weighted by Gasteiger charge is -2.09. The number of rotatable bonds is 15. The number of carboxylic acid groups (broad SMARTS) is 1. The number of carboxylic acids is 1. The zero-order valence-corrected chi connectivity index (χ0v) is 15.1. The number of ether oxygens (including phenoxy) is 1. The van der Waals surface area contributed by atoms with Crippen molar-refractivity contribution in [3.63, 3.8) is 0 Å². The van der Waals surface area contributed by atoms with Gasteiger partial charge in [-0.15, -0.1) is 0 Å². The second-order valence-corrected chi connectivity index (χ2v) is 6.29. The minimum atomic E-state index is -0.773. The molecule has 0 aromatic heterocycles. The molecule has 0 aliphatic heterocycles. The number of aliphatic carboxylic acids is 1. The van der Waals surface area contributed by atoms with Crippen LogP contribution in [0.3, 0.4) is 0 Å². The first-order chi connectivity index (χ1) is 11.7. The molecular formula is C20H33NO3. The summed E-state index contributed by atoms with van der Waals surface area (Å²) in [5.74, 6) is 0.125. The van der Waals surface area contributed by atoms with E-state index in [0.717, 1.165) is 24.3 Å². The number of carbonyl (C=O) groups is 1. The lowest BCUT2D eigenvalue weighted by atomic mass is 10.1. The fourth-order valence-corrected chi connectivity index (χ4v) is 2.60. The zero-order chi connectivity index (χ0) is 17.5. The van der Waals surface area contributed by atoms with E-state index in [1.54, 1.807) is 0 Å². The first-order valence-electron chi connectivity index (χ1n) is 9.36. The fourth-order valence-electron chi connectivity index (χ4n) is 2.60. The van der Waals surface area contributed by atoms with Gasteiger partial charge >= 0.3 is 5.97 Å². The Bertz CT molecular complexity index is 448. The van der Waals surface area contributed by atoms with Gasteiger partial charge in [0.25, 0.3) is 0 Å². The van der Waals surface area contributed by atoms with Crippen molar-refractivity contribution >= 4 is 5.97 Å². The molecule has 1 rings (SSSR count). The minimum Gasteiger partial charge on any atom is -0.494 e. The van der Waals surface area contributed by atoms with Crippen LogP contribution in [-0.2, 0) is 11.3 Å². The van der Waals surface area contributed by atoms with Crippen molar-refractivity contribution in [3.8, 4) is 5.75 Å². The Morgan fingerprint density at radius 2 is 1.79 bits per heavy atom. The van der Waals surface area contributed by atoms with Gasteiger partial charge in [-0.3, -0.25) is 4.79 Å². The van der Waals surface area contributed by atoms with Crippen LogP contribution >= 0.6 is 0 Å². The summed E-state index contributed by atoms with van der Waals surface area (Å²) in [5, 5.41) is 11.7. The topological polar surface area (TPSA) is 58.6 Å². The summed E-state index contributed by atoms with van der Waals surface area (Å²) in [5.41, 5.74) is 1.12. The first-order valence-corrected chi connectivity index (χ1v) is 9.36. The maximum absolute atomic E-state index is 10.5. The summed E-state index contributed by atoms with van der Waals surface area (Å²) in [6, 6.07) is 8.01. The zero-order valence-electron chi connectivity index (χ0n) is 15.1. The van der Waals surface area contributed by atoms with Crippen LogP contribution in [0.4, 0.5) is 0 Å². The Kier molecular flexibility index (Phi) is 11.8. The van der Waals surface area contributed by atoms with Crippen LogP contribution in [0.25, 0.3) is 0 Å². The van der Waals surface area contributed by atoms with Crippen molar-refractivity contribution in [1.29, 1.82) is 0 Å². The highest BCUT2D eigenvalue weighted by molar-refractivity contribution is 5.66. The van der Waals surface area contributed by atoms with Gasteiger partial charge in [-0.2, -0.15) is 0 Å². The van der Waals surface area contributed by atoms with Gasteiger partial charge in [0.2, 0.25) is 0 Å². The van der Waals surface area contributed by atoms with E-state index in [1.807, 2.05) is 24.3 Å². The molecule has 4 heteroatoms. The van der Waals surface area contributed by atoms with Gasteiger partial charge < -0.3 is 15.2 Å². The summed E-state index contributed by atoms with van der Waals surface area (Å²) in [7, 11) is 0. The maximum Gasteiger partial charge on any atom is 0.304 e. The molecule has 0 saturated carbocycles. The molecule has 0 spiro atoms. The third-order valence-corrected chi connectivity index (χ3v) is 4.01. The number of benzene rings is 1. The molecule has 0 aliphatic rings. The van der Waals surface area contributed by atoms with Crippen LogP contribution in [0.15, 0.2) is 24.3 Å². The number of hydrogen-bond donors (Lipinski definition) is 2. The molecule has 24 heavy (non-hydrogen) atoms. The Balaban J connectivity index is 2.08. The molecule has 0 fully saturated rings. The van der Waals surface area contributed by atoms with Gasteiger partial charge in [0.15, 0.2) is 0 Å². The molecule has 0 heterocycles. The SMILES string of the molecule is CCCCCCCCCCOc1cccc(CNCCC(=O)O)c1. The normalized spacial score (nSPS) is 10.7. The Morgan fingerprint density at radius 3 is 2.50 bits per heavy atom. The smallest absolute Gasteiger partial charge is 0.304 e. The molecule has 0 radical (unpaired) electrons. The fraction of sp³-hybridized carbons (Fsp3) is 0.650. The molecule has 0 amide bonds. The molecule has 0 bridgehead atoms. The van der Waals surface area contributed by atoms with Crippen molar-refractivity contribution in [3.05, 3.63) is 29.8 Å². The molecule has 0 atom stereocenters. The minimum absolute atomic E-state index is 0.147. The van der Waals surface area contributed by atoms with Gasteiger partial charge in [-0.05, 0) is 24.1 Å². The number of nitrogens with one attached hydrogen (secondary N) is 1. The Hall–Kier alpha value is -1.55. The van der Waals surface area contributed by atoms with Crippen molar-refractivity contribution in [2.75, 3.05) is 13.2 Å². The van der Waals surface area contributed by atoms with Gasteiger partial charge in [0, 0.05) is 13.1 Å². The predicted molar refractivity (Wildman–Crippen MR) is 98.5 cm³/mol. The van der Waals surface area contributed by atoms with E-state index in [4.69, 9.17) is 9.84 Å².